The molecule has 0 aliphatic heterocycles. The van der Waals surface area contributed by atoms with Crippen molar-refractivity contribution in [1.29, 1.82) is 10.5 Å². The molecule has 31 heavy (non-hydrogen) atoms. The maximum Gasteiger partial charge on any atom is 0.143 e. The van der Waals surface area contributed by atoms with Gasteiger partial charge in [0.25, 0.3) is 0 Å². The Kier molecular flexibility index (Phi) is 6.34. The molecule has 3 atom stereocenters. The van der Waals surface area contributed by atoms with Gasteiger partial charge in [-0.05, 0) is 65.5 Å². The molecule has 0 spiro atoms. The second-order valence-electron chi connectivity index (χ2n) is 8.43. The Hall–Kier alpha value is -3.56. The lowest BCUT2D eigenvalue weighted by Crippen LogP contribution is -2.23. The van der Waals surface area contributed by atoms with Gasteiger partial charge in [-0.3, -0.25) is 0 Å². The highest BCUT2D eigenvalue weighted by molar-refractivity contribution is 5.91. The van der Waals surface area contributed by atoms with E-state index in [1.807, 2.05) is 18.2 Å². The molecule has 0 bridgehead atoms. The third-order valence-electron chi connectivity index (χ3n) is 6.55. The summed E-state index contributed by atoms with van der Waals surface area (Å²) < 4.78 is 5.64. The molecular weight excluding hydrogens is 380 g/mol. The van der Waals surface area contributed by atoms with Gasteiger partial charge >= 0.3 is 0 Å². The van der Waals surface area contributed by atoms with Gasteiger partial charge in [0.1, 0.15) is 11.7 Å². The standard InChI is InChI=1S/C28H26N2O/c1-20-15-25(21-9-4-2-5-10-21)26(22-11-6-3-7-12-22)16-23(20)17-27(24(18-29)19-30)28-13-8-14-31-28/h2-14,20,23-24,27H,15-17H2,1H3/t20-,23-,27?/m1/s1. The van der Waals surface area contributed by atoms with Gasteiger partial charge in [0.05, 0.1) is 18.4 Å². The molecule has 3 aromatic rings. The van der Waals surface area contributed by atoms with E-state index >= 15 is 0 Å². The van der Waals surface area contributed by atoms with Crippen molar-refractivity contribution in [3.63, 3.8) is 0 Å². The predicted molar refractivity (Wildman–Crippen MR) is 122 cm³/mol. The quantitative estimate of drug-likeness (QED) is 0.439. The first-order valence-electron chi connectivity index (χ1n) is 10.9. The van der Waals surface area contributed by atoms with Crippen LogP contribution in [0.3, 0.4) is 0 Å². The molecule has 4 rings (SSSR count). The highest BCUT2D eigenvalue weighted by atomic mass is 16.3. The molecule has 2 aromatic carbocycles. The fourth-order valence-electron chi connectivity index (χ4n) is 4.83. The van der Waals surface area contributed by atoms with Crippen LogP contribution in [0.15, 0.2) is 83.5 Å². The molecule has 3 heteroatoms. The Morgan fingerprint density at radius 3 is 1.94 bits per heavy atom. The summed E-state index contributed by atoms with van der Waals surface area (Å²) in [6.45, 7) is 2.29. The number of furan rings is 1. The van der Waals surface area contributed by atoms with Crippen LogP contribution in [0.5, 0.6) is 0 Å². The van der Waals surface area contributed by atoms with Gasteiger partial charge in [-0.2, -0.15) is 10.5 Å². The molecule has 1 aliphatic rings. The fraction of sp³-hybridized carbons (Fsp3) is 0.286. The van der Waals surface area contributed by atoms with Gasteiger partial charge in [0.15, 0.2) is 0 Å². The highest BCUT2D eigenvalue weighted by Gasteiger charge is 2.34. The summed E-state index contributed by atoms with van der Waals surface area (Å²) in [6, 6.07) is 29.3. The van der Waals surface area contributed by atoms with E-state index in [4.69, 9.17) is 4.42 Å². The lowest BCUT2D eigenvalue weighted by molar-refractivity contribution is 0.286. The Balaban J connectivity index is 1.71. The van der Waals surface area contributed by atoms with Crippen LogP contribution < -0.4 is 0 Å². The topological polar surface area (TPSA) is 60.7 Å². The minimum absolute atomic E-state index is 0.215. The fourth-order valence-corrected chi connectivity index (χ4v) is 4.83. The summed E-state index contributed by atoms with van der Waals surface area (Å²) in [4.78, 5) is 0. The second kappa shape index (κ2) is 9.50. The summed E-state index contributed by atoms with van der Waals surface area (Å²) in [5, 5.41) is 19.2. The largest absolute Gasteiger partial charge is 0.469 e. The number of benzene rings is 2. The molecule has 0 N–H and O–H groups in total. The van der Waals surface area contributed by atoms with E-state index < -0.39 is 5.92 Å². The van der Waals surface area contributed by atoms with E-state index in [0.717, 1.165) is 25.0 Å². The Morgan fingerprint density at radius 1 is 0.839 bits per heavy atom. The molecule has 1 aliphatic carbocycles. The number of hydrogen-bond acceptors (Lipinski definition) is 3. The third kappa shape index (κ3) is 4.47. The van der Waals surface area contributed by atoms with Gasteiger partial charge in [0, 0.05) is 5.92 Å². The lowest BCUT2D eigenvalue weighted by Gasteiger charge is -2.35. The van der Waals surface area contributed by atoms with E-state index in [2.05, 4.69) is 73.7 Å². The van der Waals surface area contributed by atoms with Crippen LogP contribution in [0.2, 0.25) is 0 Å². The van der Waals surface area contributed by atoms with Crippen molar-refractivity contribution in [2.24, 2.45) is 17.8 Å². The van der Waals surface area contributed by atoms with E-state index in [1.54, 1.807) is 6.26 Å². The summed E-state index contributed by atoms with van der Waals surface area (Å²) in [5.41, 5.74) is 5.31. The van der Waals surface area contributed by atoms with Crippen LogP contribution in [0.25, 0.3) is 11.1 Å². The van der Waals surface area contributed by atoms with Crippen molar-refractivity contribution in [1.82, 2.24) is 0 Å². The van der Waals surface area contributed by atoms with Crippen molar-refractivity contribution in [3.05, 3.63) is 95.9 Å². The summed E-state index contributed by atoms with van der Waals surface area (Å²) in [7, 11) is 0. The molecular formula is C28H26N2O. The molecule has 154 valence electrons. The Morgan fingerprint density at radius 2 is 1.42 bits per heavy atom. The van der Waals surface area contributed by atoms with Crippen molar-refractivity contribution in [3.8, 4) is 12.1 Å². The minimum Gasteiger partial charge on any atom is -0.469 e. The zero-order chi connectivity index (χ0) is 21.6. The summed E-state index contributed by atoms with van der Waals surface area (Å²) >= 11 is 0. The van der Waals surface area contributed by atoms with Crippen LogP contribution in [-0.4, -0.2) is 0 Å². The highest BCUT2D eigenvalue weighted by Crippen LogP contribution is 2.47. The molecule has 3 nitrogen and oxygen atoms in total. The van der Waals surface area contributed by atoms with E-state index in [1.165, 1.54) is 22.3 Å². The zero-order valence-electron chi connectivity index (χ0n) is 17.7. The monoisotopic (exact) mass is 406 g/mol. The number of hydrogen-bond donors (Lipinski definition) is 0. The van der Waals surface area contributed by atoms with Crippen LogP contribution in [-0.2, 0) is 0 Å². The molecule has 0 fully saturated rings. The maximum absolute atomic E-state index is 9.59. The van der Waals surface area contributed by atoms with Gasteiger partial charge in [-0.25, -0.2) is 0 Å². The number of nitrogens with zero attached hydrogens (tertiary/aromatic N) is 2. The minimum atomic E-state index is -0.710. The molecule has 1 heterocycles. The summed E-state index contributed by atoms with van der Waals surface area (Å²) in [6.07, 6.45) is 4.30. The maximum atomic E-state index is 9.59. The van der Waals surface area contributed by atoms with Crippen molar-refractivity contribution in [2.75, 3.05) is 0 Å². The second-order valence-corrected chi connectivity index (χ2v) is 8.43. The lowest BCUT2D eigenvalue weighted by atomic mass is 9.69. The number of rotatable bonds is 6. The summed E-state index contributed by atoms with van der Waals surface area (Å²) in [5.74, 6) is 0.616. The van der Waals surface area contributed by atoms with Gasteiger partial charge < -0.3 is 4.42 Å². The Bertz CT molecular complexity index is 1090. The van der Waals surface area contributed by atoms with E-state index in [-0.39, 0.29) is 5.92 Å². The first-order valence-corrected chi connectivity index (χ1v) is 10.9. The third-order valence-corrected chi connectivity index (χ3v) is 6.55. The van der Waals surface area contributed by atoms with Crippen LogP contribution in [0, 0.1) is 40.4 Å². The SMILES string of the molecule is C[C@@H]1CC(c2ccccc2)=C(c2ccccc2)C[C@@H]1CC(c1ccco1)C(C#N)C#N. The molecule has 1 aromatic heterocycles. The van der Waals surface area contributed by atoms with Crippen molar-refractivity contribution < 1.29 is 4.42 Å². The molecule has 0 radical (unpaired) electrons. The number of nitriles is 2. The molecule has 1 unspecified atom stereocenters. The van der Waals surface area contributed by atoms with Gasteiger partial charge in [-0.1, -0.05) is 67.6 Å². The molecule has 0 saturated carbocycles. The average Bonchev–Trinajstić information content (AvgIpc) is 3.36. The van der Waals surface area contributed by atoms with Gasteiger partial charge in [-0.15, -0.1) is 0 Å². The van der Waals surface area contributed by atoms with Crippen LogP contribution in [0.4, 0.5) is 0 Å². The van der Waals surface area contributed by atoms with Crippen LogP contribution in [0.1, 0.15) is 49.0 Å². The molecule has 0 saturated heterocycles. The molecule has 0 amide bonds. The Labute approximate surface area is 184 Å². The van der Waals surface area contributed by atoms with Crippen molar-refractivity contribution in [2.45, 2.75) is 32.1 Å². The average molecular weight is 407 g/mol. The van der Waals surface area contributed by atoms with Crippen molar-refractivity contribution >= 4 is 11.1 Å². The first kappa shape index (κ1) is 20.7. The smallest absolute Gasteiger partial charge is 0.143 e. The van der Waals surface area contributed by atoms with Crippen LogP contribution >= 0.6 is 0 Å². The van der Waals surface area contributed by atoms with Gasteiger partial charge in [0.2, 0.25) is 0 Å². The normalized spacial score (nSPS) is 19.6. The number of allylic oxidation sites excluding steroid dienone is 2. The first-order chi connectivity index (χ1) is 15.2. The predicted octanol–water partition coefficient (Wildman–Crippen LogP) is 7.07. The zero-order valence-corrected chi connectivity index (χ0v) is 17.7. The van der Waals surface area contributed by atoms with E-state index in [9.17, 15) is 10.5 Å². The van der Waals surface area contributed by atoms with E-state index in [0.29, 0.717) is 11.8 Å².